The molecule has 1 aliphatic rings. The zero-order chi connectivity index (χ0) is 14.4. The topological polar surface area (TPSA) is 58.8 Å². The molecular weight excluding hydrogens is 254 g/mol. The largest absolute Gasteiger partial charge is 0.378 e. The maximum absolute atomic E-state index is 12.1. The summed E-state index contributed by atoms with van der Waals surface area (Å²) in [6, 6.07) is 8.18. The lowest BCUT2D eigenvalue weighted by molar-refractivity contribution is -0.136. The van der Waals surface area contributed by atoms with Crippen LogP contribution in [0.3, 0.4) is 0 Å². The van der Waals surface area contributed by atoms with Crippen molar-refractivity contribution in [3.63, 3.8) is 0 Å². The first-order valence-corrected chi connectivity index (χ1v) is 7.01. The van der Waals surface area contributed by atoms with Crippen LogP contribution in [0.5, 0.6) is 0 Å². The van der Waals surface area contributed by atoms with Gasteiger partial charge in [0.2, 0.25) is 5.91 Å². The van der Waals surface area contributed by atoms with Crippen LogP contribution in [-0.4, -0.2) is 55.6 Å². The van der Waals surface area contributed by atoms with Crippen molar-refractivity contribution in [2.75, 3.05) is 39.9 Å². The highest BCUT2D eigenvalue weighted by atomic mass is 16.5. The molecule has 1 fully saturated rings. The Balaban J connectivity index is 1.84. The van der Waals surface area contributed by atoms with E-state index in [1.165, 1.54) is 5.56 Å². The fourth-order valence-electron chi connectivity index (χ4n) is 2.37. The van der Waals surface area contributed by atoms with Crippen LogP contribution in [0.2, 0.25) is 0 Å². The predicted molar refractivity (Wildman–Crippen MR) is 78.1 cm³/mol. The van der Waals surface area contributed by atoms with Gasteiger partial charge in [0.15, 0.2) is 0 Å². The van der Waals surface area contributed by atoms with Gasteiger partial charge in [0.1, 0.15) is 0 Å². The first-order chi connectivity index (χ1) is 9.69. The fourth-order valence-corrected chi connectivity index (χ4v) is 2.37. The zero-order valence-corrected chi connectivity index (χ0v) is 12.0. The van der Waals surface area contributed by atoms with E-state index in [1.54, 1.807) is 0 Å². The Morgan fingerprint density at radius 2 is 2.05 bits per heavy atom. The Labute approximate surface area is 120 Å². The van der Waals surface area contributed by atoms with Crippen molar-refractivity contribution in [1.29, 1.82) is 0 Å². The molecule has 0 bridgehead atoms. The van der Waals surface area contributed by atoms with Crippen LogP contribution in [0.1, 0.15) is 11.1 Å². The second-order valence-electron chi connectivity index (χ2n) is 5.19. The molecule has 2 N–H and O–H groups in total. The number of carbonyl (C=O) groups excluding carboxylic acids is 1. The summed E-state index contributed by atoms with van der Waals surface area (Å²) in [5.41, 5.74) is 7.95. The Morgan fingerprint density at radius 3 is 2.75 bits per heavy atom. The van der Waals surface area contributed by atoms with Crippen molar-refractivity contribution in [3.8, 4) is 0 Å². The Morgan fingerprint density at radius 1 is 1.35 bits per heavy atom. The molecule has 1 aromatic carbocycles. The molecule has 0 aromatic heterocycles. The van der Waals surface area contributed by atoms with E-state index in [1.807, 2.05) is 29.0 Å². The number of nitrogens with two attached hydrogens (primary N) is 1. The molecule has 0 atom stereocenters. The van der Waals surface area contributed by atoms with Crippen molar-refractivity contribution in [2.45, 2.75) is 13.1 Å². The fraction of sp³-hybridized carbons (Fsp3) is 0.533. The Hall–Kier alpha value is -1.43. The van der Waals surface area contributed by atoms with Gasteiger partial charge in [-0.3, -0.25) is 9.69 Å². The number of rotatable bonds is 5. The molecule has 0 radical (unpaired) electrons. The lowest BCUT2D eigenvalue weighted by Gasteiger charge is -2.28. The van der Waals surface area contributed by atoms with Crippen LogP contribution in [0, 0.1) is 0 Å². The molecule has 5 nitrogen and oxygen atoms in total. The minimum absolute atomic E-state index is 0.172. The van der Waals surface area contributed by atoms with Crippen molar-refractivity contribution < 1.29 is 9.53 Å². The predicted octanol–water partition coefficient (Wildman–Crippen LogP) is 0.436. The van der Waals surface area contributed by atoms with Crippen LogP contribution in [0.25, 0.3) is 0 Å². The monoisotopic (exact) mass is 277 g/mol. The van der Waals surface area contributed by atoms with Gasteiger partial charge in [-0.1, -0.05) is 24.3 Å². The van der Waals surface area contributed by atoms with Crippen LogP contribution in [0.15, 0.2) is 24.3 Å². The van der Waals surface area contributed by atoms with Gasteiger partial charge >= 0.3 is 0 Å². The van der Waals surface area contributed by atoms with Gasteiger partial charge in [-0.2, -0.15) is 0 Å². The summed E-state index contributed by atoms with van der Waals surface area (Å²) in [5.74, 6) is 0.172. The van der Waals surface area contributed by atoms with Crippen LogP contribution in [0.4, 0.5) is 0 Å². The molecule has 0 aliphatic carbocycles. The SMILES string of the molecule is CN(CC(=O)N1CCOCC1)Cc1cccc(CN)c1. The molecule has 1 aliphatic heterocycles. The van der Waals surface area contributed by atoms with E-state index in [-0.39, 0.29) is 5.91 Å². The molecule has 0 saturated carbocycles. The van der Waals surface area contributed by atoms with Crippen molar-refractivity contribution in [2.24, 2.45) is 5.73 Å². The molecule has 0 spiro atoms. The number of ether oxygens (including phenoxy) is 1. The minimum atomic E-state index is 0.172. The quantitative estimate of drug-likeness (QED) is 0.848. The smallest absolute Gasteiger partial charge is 0.236 e. The van der Waals surface area contributed by atoms with E-state index in [4.69, 9.17) is 10.5 Å². The number of benzene rings is 1. The van der Waals surface area contributed by atoms with Crippen molar-refractivity contribution in [3.05, 3.63) is 35.4 Å². The number of nitrogens with zero attached hydrogens (tertiary/aromatic N) is 2. The van der Waals surface area contributed by atoms with E-state index < -0.39 is 0 Å². The summed E-state index contributed by atoms with van der Waals surface area (Å²) in [4.78, 5) is 16.0. The highest BCUT2D eigenvalue weighted by Crippen LogP contribution is 2.08. The van der Waals surface area contributed by atoms with E-state index in [0.717, 1.165) is 12.1 Å². The van der Waals surface area contributed by atoms with Crippen LogP contribution >= 0.6 is 0 Å². The number of hydrogen-bond donors (Lipinski definition) is 1. The van der Waals surface area contributed by atoms with E-state index in [0.29, 0.717) is 39.4 Å². The molecule has 1 heterocycles. The van der Waals surface area contributed by atoms with Gasteiger partial charge in [0, 0.05) is 26.2 Å². The van der Waals surface area contributed by atoms with Gasteiger partial charge < -0.3 is 15.4 Å². The first kappa shape index (κ1) is 15.0. The van der Waals surface area contributed by atoms with Gasteiger partial charge in [-0.25, -0.2) is 0 Å². The summed E-state index contributed by atoms with van der Waals surface area (Å²) >= 11 is 0. The Bertz CT molecular complexity index is 444. The summed E-state index contributed by atoms with van der Waals surface area (Å²) in [6.45, 7) is 4.44. The van der Waals surface area contributed by atoms with Gasteiger partial charge in [0.25, 0.3) is 0 Å². The lowest BCUT2D eigenvalue weighted by Crippen LogP contribution is -2.44. The molecule has 1 aromatic rings. The van der Waals surface area contributed by atoms with E-state index >= 15 is 0 Å². The first-order valence-electron chi connectivity index (χ1n) is 7.01. The molecule has 5 heteroatoms. The molecule has 1 amide bonds. The highest BCUT2D eigenvalue weighted by Gasteiger charge is 2.18. The molecule has 110 valence electrons. The summed E-state index contributed by atoms with van der Waals surface area (Å²) < 4.78 is 5.26. The van der Waals surface area contributed by atoms with Crippen molar-refractivity contribution in [1.82, 2.24) is 9.80 Å². The van der Waals surface area contributed by atoms with E-state index in [2.05, 4.69) is 12.1 Å². The third-order valence-corrected chi connectivity index (χ3v) is 3.45. The molecular formula is C15H23N3O2. The third-order valence-electron chi connectivity index (χ3n) is 3.45. The second-order valence-corrected chi connectivity index (χ2v) is 5.19. The number of hydrogen-bond acceptors (Lipinski definition) is 4. The van der Waals surface area contributed by atoms with Crippen LogP contribution < -0.4 is 5.73 Å². The zero-order valence-electron chi connectivity index (χ0n) is 12.0. The minimum Gasteiger partial charge on any atom is -0.378 e. The summed E-state index contributed by atoms with van der Waals surface area (Å²) in [5, 5.41) is 0. The molecule has 20 heavy (non-hydrogen) atoms. The maximum Gasteiger partial charge on any atom is 0.236 e. The number of likely N-dealkylation sites (N-methyl/N-ethyl adjacent to an activating group) is 1. The van der Waals surface area contributed by atoms with E-state index in [9.17, 15) is 4.79 Å². The normalized spacial score (nSPS) is 15.7. The van der Waals surface area contributed by atoms with Crippen LogP contribution in [-0.2, 0) is 22.6 Å². The van der Waals surface area contributed by atoms with Gasteiger partial charge in [0.05, 0.1) is 19.8 Å². The molecule has 0 unspecified atom stereocenters. The highest BCUT2D eigenvalue weighted by molar-refractivity contribution is 5.78. The number of morpholine rings is 1. The standard InChI is InChI=1S/C15H23N3O2/c1-17(11-14-4-2-3-13(9-14)10-16)12-15(19)18-5-7-20-8-6-18/h2-4,9H,5-8,10-12,16H2,1H3. The van der Waals surface area contributed by atoms with Gasteiger partial charge in [-0.15, -0.1) is 0 Å². The molecule has 1 saturated heterocycles. The lowest BCUT2D eigenvalue weighted by atomic mass is 10.1. The number of amides is 1. The maximum atomic E-state index is 12.1. The average Bonchev–Trinajstić information content (AvgIpc) is 2.48. The second kappa shape index (κ2) is 7.38. The third kappa shape index (κ3) is 4.30. The summed E-state index contributed by atoms with van der Waals surface area (Å²) in [6.07, 6.45) is 0. The Kier molecular flexibility index (Phi) is 5.52. The average molecular weight is 277 g/mol. The van der Waals surface area contributed by atoms with Gasteiger partial charge in [-0.05, 0) is 18.2 Å². The molecule has 2 rings (SSSR count). The summed E-state index contributed by atoms with van der Waals surface area (Å²) in [7, 11) is 1.97. The van der Waals surface area contributed by atoms with Crippen molar-refractivity contribution >= 4 is 5.91 Å². The number of carbonyl (C=O) groups is 1.